The number of urea groups is 1. The van der Waals surface area contributed by atoms with Gasteiger partial charge in [-0.05, 0) is 38.3 Å². The molecule has 0 bridgehead atoms. The lowest BCUT2D eigenvalue weighted by atomic mass is 10.0. The Morgan fingerprint density at radius 3 is 2.61 bits per heavy atom. The molecule has 1 atom stereocenters. The highest BCUT2D eigenvalue weighted by atomic mass is 32.2. The second-order valence-corrected chi connectivity index (χ2v) is 10.6. The van der Waals surface area contributed by atoms with Gasteiger partial charge in [-0.2, -0.15) is 5.10 Å². The van der Waals surface area contributed by atoms with Crippen molar-refractivity contribution in [1.29, 1.82) is 0 Å². The maximum atomic E-state index is 12.9. The van der Waals surface area contributed by atoms with Gasteiger partial charge in [0.1, 0.15) is 11.6 Å². The Labute approximate surface area is 181 Å². The van der Waals surface area contributed by atoms with Crippen LogP contribution in [0.3, 0.4) is 0 Å². The van der Waals surface area contributed by atoms with Crippen molar-refractivity contribution in [2.45, 2.75) is 38.3 Å². The molecule has 1 unspecified atom stereocenters. The Kier molecular flexibility index (Phi) is 4.96. The minimum Gasteiger partial charge on any atom is -0.325 e. The molecule has 0 radical (unpaired) electrons. The first-order chi connectivity index (χ1) is 14.9. The number of benzene rings is 1. The van der Waals surface area contributed by atoms with Crippen molar-refractivity contribution in [3.63, 3.8) is 0 Å². The van der Waals surface area contributed by atoms with E-state index in [1.165, 1.54) is 0 Å². The molecule has 2 aliphatic rings. The van der Waals surface area contributed by atoms with Gasteiger partial charge in [-0.15, -0.1) is 0 Å². The van der Waals surface area contributed by atoms with Crippen LogP contribution in [0.4, 0.5) is 10.6 Å². The third-order valence-corrected chi connectivity index (χ3v) is 8.10. The van der Waals surface area contributed by atoms with Crippen molar-refractivity contribution in [3.8, 4) is 0 Å². The van der Waals surface area contributed by atoms with Crippen LogP contribution < -0.4 is 5.32 Å². The van der Waals surface area contributed by atoms with Crippen LogP contribution in [0.25, 0.3) is 11.0 Å². The molecule has 9 nitrogen and oxygen atoms in total. The second kappa shape index (κ2) is 7.67. The molecule has 2 aromatic heterocycles. The van der Waals surface area contributed by atoms with Crippen LogP contribution in [0.15, 0.2) is 36.5 Å². The zero-order valence-corrected chi connectivity index (χ0v) is 18.3. The van der Waals surface area contributed by atoms with E-state index >= 15 is 0 Å². The van der Waals surface area contributed by atoms with Crippen LogP contribution in [0.2, 0.25) is 0 Å². The van der Waals surface area contributed by atoms with E-state index in [-0.39, 0.29) is 23.6 Å². The number of likely N-dealkylation sites (tertiary alicyclic amines) is 1. The fourth-order valence-electron chi connectivity index (χ4n) is 4.81. The number of rotatable bonds is 3. The van der Waals surface area contributed by atoms with Gasteiger partial charge in [-0.25, -0.2) is 22.9 Å². The van der Waals surface area contributed by atoms with E-state index in [0.29, 0.717) is 31.4 Å². The van der Waals surface area contributed by atoms with Gasteiger partial charge in [-0.1, -0.05) is 12.1 Å². The number of aromatic nitrogens is 4. The molecule has 31 heavy (non-hydrogen) atoms. The van der Waals surface area contributed by atoms with Crippen LogP contribution >= 0.6 is 0 Å². The van der Waals surface area contributed by atoms with Gasteiger partial charge in [0.2, 0.25) is 0 Å². The quantitative estimate of drug-likeness (QED) is 0.672. The molecule has 0 spiro atoms. The first kappa shape index (κ1) is 20.0. The third kappa shape index (κ3) is 3.80. The summed E-state index contributed by atoms with van der Waals surface area (Å²) < 4.78 is 27.5. The molecule has 5 rings (SSSR count). The zero-order chi connectivity index (χ0) is 21.6. The number of hydrogen-bond acceptors (Lipinski definition) is 5. The fraction of sp³-hybridized carbons (Fsp3) is 0.476. The second-order valence-electron chi connectivity index (χ2n) is 8.38. The van der Waals surface area contributed by atoms with E-state index in [1.54, 1.807) is 16.9 Å². The maximum absolute atomic E-state index is 12.9. The number of anilines is 1. The van der Waals surface area contributed by atoms with Gasteiger partial charge >= 0.3 is 6.03 Å². The molecule has 1 aromatic carbocycles. The Balaban J connectivity index is 1.24. The van der Waals surface area contributed by atoms with Crippen LogP contribution in [-0.4, -0.2) is 63.3 Å². The first-order valence-corrected chi connectivity index (χ1v) is 12.5. The molecule has 2 aliphatic heterocycles. The standard InChI is InChI=1S/C21H26N6O3S/c1-15-23-18-4-2-3-5-19(18)26(15)16-7-11-25(12-8-16)21(28)24-20-6-10-22-27(20)17-9-13-31(29,30)14-17/h2-6,10,16-17H,7-9,11-14H2,1H3,(H,24,28). The van der Waals surface area contributed by atoms with Crippen molar-refractivity contribution in [1.82, 2.24) is 24.2 Å². The summed E-state index contributed by atoms with van der Waals surface area (Å²) in [5.41, 5.74) is 2.14. The molecule has 2 fully saturated rings. The smallest absolute Gasteiger partial charge is 0.323 e. The highest BCUT2D eigenvalue weighted by Gasteiger charge is 2.32. The van der Waals surface area contributed by atoms with E-state index in [2.05, 4.69) is 26.0 Å². The summed E-state index contributed by atoms with van der Waals surface area (Å²) in [4.78, 5) is 19.3. The Hall–Kier alpha value is -2.88. The minimum absolute atomic E-state index is 0.0706. The number of carbonyl (C=O) groups excluding carboxylic acids is 1. The van der Waals surface area contributed by atoms with Gasteiger partial charge < -0.3 is 9.47 Å². The lowest BCUT2D eigenvalue weighted by Crippen LogP contribution is -2.42. The topological polar surface area (TPSA) is 102 Å². The Morgan fingerprint density at radius 2 is 1.87 bits per heavy atom. The maximum Gasteiger partial charge on any atom is 0.323 e. The SMILES string of the molecule is Cc1nc2ccccc2n1C1CCN(C(=O)Nc2ccnn2C2CCS(=O)(=O)C2)CC1. The van der Waals surface area contributed by atoms with Crippen molar-refractivity contribution < 1.29 is 13.2 Å². The summed E-state index contributed by atoms with van der Waals surface area (Å²) >= 11 is 0. The van der Waals surface area contributed by atoms with Gasteiger partial charge in [0.15, 0.2) is 9.84 Å². The van der Waals surface area contributed by atoms with Crippen LogP contribution in [0.1, 0.15) is 37.2 Å². The number of piperidine rings is 1. The average Bonchev–Trinajstić information content (AvgIpc) is 3.44. The number of sulfone groups is 1. The first-order valence-electron chi connectivity index (χ1n) is 10.6. The molecule has 2 saturated heterocycles. The molecule has 164 valence electrons. The largest absolute Gasteiger partial charge is 0.325 e. The minimum atomic E-state index is -3.03. The summed E-state index contributed by atoms with van der Waals surface area (Å²) in [5.74, 6) is 1.78. The van der Waals surface area contributed by atoms with E-state index in [4.69, 9.17) is 0 Å². The molecule has 10 heteroatoms. The molecule has 2 amide bonds. The van der Waals surface area contributed by atoms with E-state index in [1.807, 2.05) is 30.0 Å². The molecule has 4 heterocycles. The zero-order valence-electron chi connectivity index (χ0n) is 17.4. The number of imidazole rings is 1. The molecule has 0 saturated carbocycles. The summed E-state index contributed by atoms with van der Waals surface area (Å²) in [7, 11) is -3.03. The van der Waals surface area contributed by atoms with Crippen molar-refractivity contribution in [3.05, 3.63) is 42.4 Å². The number of carbonyl (C=O) groups is 1. The number of amides is 2. The highest BCUT2D eigenvalue weighted by Crippen LogP contribution is 2.30. The molecular formula is C21H26N6O3S. The van der Waals surface area contributed by atoms with E-state index in [0.717, 1.165) is 29.7 Å². The van der Waals surface area contributed by atoms with Crippen molar-refractivity contribution in [2.24, 2.45) is 0 Å². The number of aryl methyl sites for hydroxylation is 1. The summed E-state index contributed by atoms with van der Waals surface area (Å²) in [6.07, 6.45) is 3.83. The number of fused-ring (bicyclic) bond motifs is 1. The third-order valence-electron chi connectivity index (χ3n) is 6.35. The lowest BCUT2D eigenvalue weighted by Gasteiger charge is -2.33. The van der Waals surface area contributed by atoms with E-state index in [9.17, 15) is 13.2 Å². The van der Waals surface area contributed by atoms with Crippen molar-refractivity contribution >= 4 is 32.7 Å². The number of para-hydroxylation sites is 2. The normalized spacial score (nSPS) is 21.6. The molecular weight excluding hydrogens is 416 g/mol. The number of nitrogens with one attached hydrogen (secondary N) is 1. The number of nitrogens with zero attached hydrogens (tertiary/aromatic N) is 5. The summed E-state index contributed by atoms with van der Waals surface area (Å²) in [6, 6.07) is 9.78. The van der Waals surface area contributed by atoms with Gasteiger partial charge in [0, 0.05) is 25.2 Å². The summed E-state index contributed by atoms with van der Waals surface area (Å²) in [6.45, 7) is 3.33. The Bertz CT molecular complexity index is 1220. The molecule has 1 N–H and O–H groups in total. The molecule has 3 aromatic rings. The van der Waals surface area contributed by atoms with Crippen LogP contribution in [-0.2, 0) is 9.84 Å². The monoisotopic (exact) mass is 442 g/mol. The lowest BCUT2D eigenvalue weighted by molar-refractivity contribution is 0.184. The van der Waals surface area contributed by atoms with Crippen LogP contribution in [0.5, 0.6) is 0 Å². The summed E-state index contributed by atoms with van der Waals surface area (Å²) in [5, 5.41) is 7.18. The Morgan fingerprint density at radius 1 is 1.10 bits per heavy atom. The molecule has 0 aliphatic carbocycles. The average molecular weight is 443 g/mol. The van der Waals surface area contributed by atoms with E-state index < -0.39 is 9.84 Å². The van der Waals surface area contributed by atoms with Crippen LogP contribution in [0, 0.1) is 6.92 Å². The van der Waals surface area contributed by atoms with Gasteiger partial charge in [0.05, 0.1) is 34.8 Å². The fourth-order valence-corrected chi connectivity index (χ4v) is 6.51. The highest BCUT2D eigenvalue weighted by molar-refractivity contribution is 7.91. The van der Waals surface area contributed by atoms with Crippen molar-refractivity contribution in [2.75, 3.05) is 29.9 Å². The van der Waals surface area contributed by atoms with Gasteiger partial charge in [0.25, 0.3) is 0 Å². The number of hydrogen-bond donors (Lipinski definition) is 1. The van der Waals surface area contributed by atoms with Gasteiger partial charge in [-0.3, -0.25) is 5.32 Å². The predicted octanol–water partition coefficient (Wildman–Crippen LogP) is 2.77. The predicted molar refractivity (Wildman–Crippen MR) is 118 cm³/mol.